The summed E-state index contributed by atoms with van der Waals surface area (Å²) in [5.74, 6) is 0.750. The standard InChI is InChI=1S/C15H16N2O3/c18-15(16-9-4-5-9)13-6-11-12(17-13)2-1-3-14(11)20-8-10-7-19-10/h1-3,6,9-10,17H,4-5,7-8H2,(H,16,18). The summed E-state index contributed by atoms with van der Waals surface area (Å²) in [5.41, 5.74) is 1.51. The molecule has 1 unspecified atom stereocenters. The van der Waals surface area contributed by atoms with Gasteiger partial charge in [-0.1, -0.05) is 6.07 Å². The molecule has 1 saturated heterocycles. The number of aromatic nitrogens is 1. The maximum Gasteiger partial charge on any atom is 0.267 e. The molecular formula is C15H16N2O3. The molecule has 2 aliphatic rings. The zero-order valence-corrected chi connectivity index (χ0v) is 11.0. The van der Waals surface area contributed by atoms with Gasteiger partial charge in [0.2, 0.25) is 0 Å². The molecule has 1 aliphatic carbocycles. The van der Waals surface area contributed by atoms with E-state index in [9.17, 15) is 4.79 Å². The van der Waals surface area contributed by atoms with Crippen LogP contribution in [0.5, 0.6) is 5.75 Å². The van der Waals surface area contributed by atoms with Gasteiger partial charge in [-0.05, 0) is 31.0 Å². The molecule has 0 bridgehead atoms. The highest BCUT2D eigenvalue weighted by Gasteiger charge is 2.25. The summed E-state index contributed by atoms with van der Waals surface area (Å²) in [5, 5.41) is 3.92. The highest BCUT2D eigenvalue weighted by atomic mass is 16.6. The van der Waals surface area contributed by atoms with Gasteiger partial charge in [-0.25, -0.2) is 0 Å². The highest BCUT2D eigenvalue weighted by molar-refractivity contribution is 5.99. The third kappa shape index (κ3) is 2.36. The number of aromatic amines is 1. The van der Waals surface area contributed by atoms with Gasteiger partial charge in [0.15, 0.2) is 0 Å². The number of benzene rings is 1. The maximum atomic E-state index is 12.0. The minimum absolute atomic E-state index is 0.0415. The Labute approximate surface area is 116 Å². The van der Waals surface area contributed by atoms with Gasteiger partial charge >= 0.3 is 0 Å². The van der Waals surface area contributed by atoms with Crippen LogP contribution in [0.3, 0.4) is 0 Å². The van der Waals surface area contributed by atoms with Crippen LogP contribution < -0.4 is 10.1 Å². The van der Waals surface area contributed by atoms with Crippen molar-refractivity contribution >= 4 is 16.8 Å². The zero-order valence-electron chi connectivity index (χ0n) is 11.0. The quantitative estimate of drug-likeness (QED) is 0.816. The van der Waals surface area contributed by atoms with E-state index in [1.165, 1.54) is 0 Å². The van der Waals surface area contributed by atoms with E-state index in [1.54, 1.807) is 0 Å². The van der Waals surface area contributed by atoms with E-state index in [4.69, 9.17) is 9.47 Å². The molecule has 0 radical (unpaired) electrons. The van der Waals surface area contributed by atoms with Crippen molar-refractivity contribution in [2.24, 2.45) is 0 Å². The van der Waals surface area contributed by atoms with Crippen LogP contribution in [0.1, 0.15) is 23.3 Å². The van der Waals surface area contributed by atoms with Gasteiger partial charge in [0.25, 0.3) is 5.91 Å². The summed E-state index contributed by atoms with van der Waals surface area (Å²) in [7, 11) is 0. The monoisotopic (exact) mass is 272 g/mol. The number of nitrogens with one attached hydrogen (secondary N) is 2. The fourth-order valence-electron chi connectivity index (χ4n) is 2.21. The topological polar surface area (TPSA) is 66.7 Å². The first-order valence-electron chi connectivity index (χ1n) is 6.96. The van der Waals surface area contributed by atoms with Gasteiger partial charge in [0, 0.05) is 16.9 Å². The first-order valence-corrected chi connectivity index (χ1v) is 6.96. The van der Waals surface area contributed by atoms with E-state index in [2.05, 4.69) is 10.3 Å². The summed E-state index contributed by atoms with van der Waals surface area (Å²) < 4.78 is 10.9. The Kier molecular flexibility index (Phi) is 2.67. The molecule has 1 aromatic heterocycles. The van der Waals surface area contributed by atoms with Gasteiger partial charge in [-0.3, -0.25) is 4.79 Å². The number of rotatable bonds is 5. The fourth-order valence-corrected chi connectivity index (χ4v) is 2.21. The predicted octanol–water partition coefficient (Wildman–Crippen LogP) is 1.84. The maximum absolute atomic E-state index is 12.0. The molecule has 2 aromatic rings. The van der Waals surface area contributed by atoms with Crippen molar-refractivity contribution in [2.75, 3.05) is 13.2 Å². The molecule has 1 aliphatic heterocycles. The fraction of sp³-hybridized carbons (Fsp3) is 0.400. The number of carbonyl (C=O) groups excluding carboxylic acids is 1. The molecule has 1 saturated carbocycles. The molecule has 2 heterocycles. The van der Waals surface area contributed by atoms with Crippen molar-refractivity contribution in [1.29, 1.82) is 0 Å². The molecule has 20 heavy (non-hydrogen) atoms. The third-order valence-corrected chi connectivity index (χ3v) is 3.61. The van der Waals surface area contributed by atoms with Crippen LogP contribution in [-0.2, 0) is 4.74 Å². The number of fused-ring (bicyclic) bond motifs is 1. The number of carbonyl (C=O) groups is 1. The number of amides is 1. The molecule has 1 atom stereocenters. The van der Waals surface area contributed by atoms with Gasteiger partial charge < -0.3 is 19.8 Å². The average molecular weight is 272 g/mol. The Balaban J connectivity index is 1.59. The lowest BCUT2D eigenvalue weighted by Gasteiger charge is -2.04. The second-order valence-electron chi connectivity index (χ2n) is 5.41. The molecule has 1 aromatic carbocycles. The van der Waals surface area contributed by atoms with Crippen molar-refractivity contribution in [3.63, 3.8) is 0 Å². The molecule has 5 heteroatoms. The van der Waals surface area contributed by atoms with E-state index >= 15 is 0 Å². The summed E-state index contributed by atoms with van der Waals surface area (Å²) in [6.45, 7) is 1.34. The van der Waals surface area contributed by atoms with Crippen LogP contribution in [0.2, 0.25) is 0 Å². The number of ether oxygens (including phenoxy) is 2. The summed E-state index contributed by atoms with van der Waals surface area (Å²) in [6, 6.07) is 8.00. The minimum atomic E-state index is -0.0415. The smallest absolute Gasteiger partial charge is 0.267 e. The van der Waals surface area contributed by atoms with Gasteiger partial charge in [0.1, 0.15) is 24.2 Å². The van der Waals surface area contributed by atoms with Gasteiger partial charge in [-0.15, -0.1) is 0 Å². The minimum Gasteiger partial charge on any atom is -0.490 e. The largest absolute Gasteiger partial charge is 0.490 e. The van der Waals surface area contributed by atoms with Crippen LogP contribution in [0, 0.1) is 0 Å². The van der Waals surface area contributed by atoms with E-state index in [-0.39, 0.29) is 12.0 Å². The molecule has 2 fully saturated rings. The second-order valence-corrected chi connectivity index (χ2v) is 5.41. The zero-order chi connectivity index (χ0) is 13.5. The van der Waals surface area contributed by atoms with E-state index in [1.807, 2.05) is 24.3 Å². The van der Waals surface area contributed by atoms with Crippen molar-refractivity contribution in [3.05, 3.63) is 30.0 Å². The van der Waals surface area contributed by atoms with Gasteiger partial charge in [0.05, 0.1) is 6.61 Å². The average Bonchev–Trinajstić information content (AvgIpc) is 3.36. The number of epoxide rings is 1. The number of hydrogen-bond donors (Lipinski definition) is 2. The van der Waals surface area contributed by atoms with Crippen molar-refractivity contribution < 1.29 is 14.3 Å². The van der Waals surface area contributed by atoms with Crippen LogP contribution in [0.4, 0.5) is 0 Å². The lowest BCUT2D eigenvalue weighted by atomic mass is 10.2. The summed E-state index contributed by atoms with van der Waals surface area (Å²) in [4.78, 5) is 15.2. The molecule has 5 nitrogen and oxygen atoms in total. The Morgan fingerprint density at radius 3 is 3.05 bits per heavy atom. The van der Waals surface area contributed by atoms with Gasteiger partial charge in [-0.2, -0.15) is 0 Å². The number of H-pyrrole nitrogens is 1. The van der Waals surface area contributed by atoms with Crippen molar-refractivity contribution in [3.8, 4) is 5.75 Å². The Bertz CT molecular complexity index is 656. The molecule has 1 amide bonds. The van der Waals surface area contributed by atoms with Crippen molar-refractivity contribution in [1.82, 2.24) is 10.3 Å². The SMILES string of the molecule is O=C(NC1CC1)c1cc2c(OCC3CO3)cccc2[nH]1. The molecule has 0 spiro atoms. The molecule has 104 valence electrons. The molecule has 2 N–H and O–H groups in total. The van der Waals surface area contributed by atoms with E-state index in [0.717, 1.165) is 36.1 Å². The van der Waals surface area contributed by atoms with Crippen molar-refractivity contribution in [2.45, 2.75) is 25.0 Å². The lowest BCUT2D eigenvalue weighted by Crippen LogP contribution is -2.25. The second kappa shape index (κ2) is 4.52. The van der Waals surface area contributed by atoms with Crippen LogP contribution in [0.25, 0.3) is 10.9 Å². The Morgan fingerprint density at radius 2 is 2.30 bits per heavy atom. The highest BCUT2D eigenvalue weighted by Crippen LogP contribution is 2.28. The number of hydrogen-bond acceptors (Lipinski definition) is 3. The van der Waals surface area contributed by atoms with Crippen LogP contribution >= 0.6 is 0 Å². The van der Waals surface area contributed by atoms with E-state index in [0.29, 0.717) is 18.3 Å². The van der Waals surface area contributed by atoms with E-state index < -0.39 is 0 Å². The summed E-state index contributed by atoms with van der Waals surface area (Å²) >= 11 is 0. The predicted molar refractivity (Wildman–Crippen MR) is 74.0 cm³/mol. The van der Waals surface area contributed by atoms with Crippen LogP contribution in [0.15, 0.2) is 24.3 Å². The van der Waals surface area contributed by atoms with Crippen LogP contribution in [-0.4, -0.2) is 36.3 Å². The normalized spacial score (nSPS) is 20.9. The molecule has 4 rings (SSSR count). The third-order valence-electron chi connectivity index (χ3n) is 3.61. The Hall–Kier alpha value is -2.01. The Morgan fingerprint density at radius 1 is 1.45 bits per heavy atom. The summed E-state index contributed by atoms with van der Waals surface area (Å²) in [6.07, 6.45) is 2.39. The first kappa shape index (κ1) is 11.8. The first-order chi connectivity index (χ1) is 9.79. The molecular weight excluding hydrogens is 256 g/mol. The lowest BCUT2D eigenvalue weighted by molar-refractivity contribution is 0.0947.